The maximum Gasteiger partial charge on any atom is 0.291 e. The largest absolute Gasteiger partial charge is 0.467 e. The third-order valence-corrected chi connectivity index (χ3v) is 5.69. The zero-order valence-corrected chi connectivity index (χ0v) is 16.4. The van der Waals surface area contributed by atoms with E-state index in [9.17, 15) is 14.0 Å². The molecule has 0 fully saturated rings. The van der Waals surface area contributed by atoms with Gasteiger partial charge >= 0.3 is 0 Å². The summed E-state index contributed by atoms with van der Waals surface area (Å²) in [6, 6.07) is 12.2. The molecular weight excluding hydrogens is 385 g/mol. The summed E-state index contributed by atoms with van der Waals surface area (Å²) in [6.07, 6.45) is 1.50. The highest BCUT2D eigenvalue weighted by atomic mass is 19.1. The van der Waals surface area contributed by atoms with E-state index in [1.54, 1.807) is 42.5 Å². The highest BCUT2D eigenvalue weighted by Crippen LogP contribution is 2.40. The van der Waals surface area contributed by atoms with Gasteiger partial charge in [-0.15, -0.1) is 0 Å². The first-order chi connectivity index (χ1) is 14.5. The molecule has 6 heteroatoms. The Balaban J connectivity index is 1.79. The molecule has 2 aromatic heterocycles. The molecule has 30 heavy (non-hydrogen) atoms. The van der Waals surface area contributed by atoms with Crippen molar-refractivity contribution in [3.8, 4) is 0 Å². The molecule has 3 heterocycles. The van der Waals surface area contributed by atoms with Gasteiger partial charge in [0.25, 0.3) is 5.91 Å². The fraction of sp³-hybridized carbons (Fsp3) is 0.167. The Kier molecular flexibility index (Phi) is 4.10. The van der Waals surface area contributed by atoms with Gasteiger partial charge in [-0.2, -0.15) is 0 Å². The van der Waals surface area contributed by atoms with Crippen LogP contribution in [0.2, 0.25) is 0 Å². The number of aryl methyl sites for hydroxylation is 2. The van der Waals surface area contributed by atoms with Crippen molar-refractivity contribution in [1.82, 2.24) is 4.90 Å². The molecule has 1 aliphatic rings. The summed E-state index contributed by atoms with van der Waals surface area (Å²) in [5.41, 5.74) is 2.32. The zero-order chi connectivity index (χ0) is 21.0. The highest BCUT2D eigenvalue weighted by Gasteiger charge is 2.44. The van der Waals surface area contributed by atoms with Gasteiger partial charge in [0.2, 0.25) is 5.76 Å². The molecule has 0 radical (unpaired) electrons. The Bertz CT molecular complexity index is 1350. The van der Waals surface area contributed by atoms with Crippen LogP contribution in [0.5, 0.6) is 0 Å². The SMILES string of the molecule is Cc1cc2oc3c(c(=O)c2cc1C)[C@@H](c1ccccc1F)N(Cc1ccco1)C3=O. The van der Waals surface area contributed by atoms with Crippen molar-refractivity contribution in [1.29, 1.82) is 0 Å². The molecule has 0 aliphatic carbocycles. The van der Waals surface area contributed by atoms with Crippen molar-refractivity contribution in [3.05, 3.63) is 105 Å². The Morgan fingerprint density at radius 2 is 1.80 bits per heavy atom. The summed E-state index contributed by atoms with van der Waals surface area (Å²) in [5, 5.41) is 0.380. The van der Waals surface area contributed by atoms with Crippen LogP contribution < -0.4 is 5.43 Å². The summed E-state index contributed by atoms with van der Waals surface area (Å²) in [4.78, 5) is 28.2. The first kappa shape index (κ1) is 18.4. The molecule has 5 rings (SSSR count). The molecule has 0 spiro atoms. The summed E-state index contributed by atoms with van der Waals surface area (Å²) in [7, 11) is 0. The molecule has 1 atom stereocenters. The molecule has 0 unspecified atom stereocenters. The average Bonchev–Trinajstić information content (AvgIpc) is 3.32. The van der Waals surface area contributed by atoms with Crippen molar-refractivity contribution in [3.63, 3.8) is 0 Å². The summed E-state index contributed by atoms with van der Waals surface area (Å²) < 4.78 is 26.1. The monoisotopic (exact) mass is 403 g/mol. The lowest BCUT2D eigenvalue weighted by Gasteiger charge is -2.24. The van der Waals surface area contributed by atoms with Crippen molar-refractivity contribution in [2.75, 3.05) is 0 Å². The van der Waals surface area contributed by atoms with Crippen LogP contribution in [0.15, 0.2) is 68.4 Å². The average molecular weight is 403 g/mol. The number of furan rings is 1. The maximum atomic E-state index is 14.8. The lowest BCUT2D eigenvalue weighted by Crippen LogP contribution is -2.29. The van der Waals surface area contributed by atoms with Gasteiger partial charge in [-0.25, -0.2) is 4.39 Å². The van der Waals surface area contributed by atoms with E-state index in [4.69, 9.17) is 8.83 Å². The van der Waals surface area contributed by atoms with Crippen LogP contribution in [0, 0.1) is 19.7 Å². The van der Waals surface area contributed by atoms with E-state index < -0.39 is 17.8 Å². The number of hydrogen-bond acceptors (Lipinski definition) is 4. The van der Waals surface area contributed by atoms with Crippen LogP contribution in [0.25, 0.3) is 11.0 Å². The van der Waals surface area contributed by atoms with E-state index in [0.29, 0.717) is 16.7 Å². The van der Waals surface area contributed by atoms with E-state index in [0.717, 1.165) is 11.1 Å². The van der Waals surface area contributed by atoms with E-state index in [1.807, 2.05) is 13.8 Å². The minimum absolute atomic E-state index is 0.0458. The number of carbonyl (C=O) groups excluding carboxylic acids is 1. The second-order valence-electron chi connectivity index (χ2n) is 7.54. The van der Waals surface area contributed by atoms with Crippen LogP contribution in [-0.4, -0.2) is 10.8 Å². The molecule has 150 valence electrons. The Hall–Kier alpha value is -3.67. The van der Waals surface area contributed by atoms with E-state index in [-0.39, 0.29) is 28.9 Å². The molecule has 0 saturated carbocycles. The van der Waals surface area contributed by atoms with Gasteiger partial charge in [0, 0.05) is 5.56 Å². The van der Waals surface area contributed by atoms with Gasteiger partial charge < -0.3 is 13.7 Å². The number of rotatable bonds is 3. The van der Waals surface area contributed by atoms with Crippen LogP contribution in [-0.2, 0) is 6.54 Å². The van der Waals surface area contributed by atoms with Crippen LogP contribution >= 0.6 is 0 Å². The van der Waals surface area contributed by atoms with Gasteiger partial charge in [-0.1, -0.05) is 18.2 Å². The zero-order valence-electron chi connectivity index (χ0n) is 16.4. The molecule has 0 N–H and O–H groups in total. The fourth-order valence-electron chi connectivity index (χ4n) is 4.03. The van der Waals surface area contributed by atoms with Crippen molar-refractivity contribution in [2.45, 2.75) is 26.4 Å². The number of nitrogens with zero attached hydrogens (tertiary/aromatic N) is 1. The normalized spacial score (nSPS) is 15.8. The second-order valence-corrected chi connectivity index (χ2v) is 7.54. The minimum Gasteiger partial charge on any atom is -0.467 e. The third-order valence-electron chi connectivity index (χ3n) is 5.69. The van der Waals surface area contributed by atoms with E-state index >= 15 is 0 Å². The van der Waals surface area contributed by atoms with Crippen molar-refractivity contribution >= 4 is 16.9 Å². The summed E-state index contributed by atoms with van der Waals surface area (Å²) >= 11 is 0. The van der Waals surface area contributed by atoms with Gasteiger partial charge in [-0.3, -0.25) is 9.59 Å². The molecule has 0 saturated heterocycles. The molecule has 1 aliphatic heterocycles. The van der Waals surface area contributed by atoms with Crippen LogP contribution in [0.1, 0.15) is 44.6 Å². The molecular formula is C24H18FNO4. The summed E-state index contributed by atoms with van der Waals surface area (Å²) in [6.45, 7) is 3.90. The Labute approximate surface area is 171 Å². The minimum atomic E-state index is -0.902. The standard InChI is InChI=1S/C24H18FNO4/c1-13-10-17-19(11-14(13)2)30-23-20(22(17)27)21(16-7-3-4-8-18(16)25)26(24(23)28)12-15-6-5-9-29-15/h3-11,21H,12H2,1-2H3/t21-/m1/s1. The number of halogens is 1. The lowest BCUT2D eigenvalue weighted by molar-refractivity contribution is 0.0699. The Morgan fingerprint density at radius 3 is 2.53 bits per heavy atom. The predicted octanol–water partition coefficient (Wildman–Crippen LogP) is 4.89. The van der Waals surface area contributed by atoms with Crippen LogP contribution in [0.4, 0.5) is 4.39 Å². The first-order valence-corrected chi connectivity index (χ1v) is 9.61. The predicted molar refractivity (Wildman–Crippen MR) is 109 cm³/mol. The van der Waals surface area contributed by atoms with Gasteiger partial charge in [0.1, 0.15) is 17.2 Å². The highest BCUT2D eigenvalue weighted by molar-refractivity contribution is 5.99. The van der Waals surface area contributed by atoms with Gasteiger partial charge in [0.05, 0.1) is 29.8 Å². The topological polar surface area (TPSA) is 63.7 Å². The number of hydrogen-bond donors (Lipinski definition) is 0. The molecule has 1 amide bonds. The molecule has 2 aromatic carbocycles. The number of benzene rings is 2. The second kappa shape index (κ2) is 6.69. The van der Waals surface area contributed by atoms with Crippen molar-refractivity contribution < 1.29 is 18.0 Å². The lowest BCUT2D eigenvalue weighted by atomic mass is 9.97. The molecule has 0 bridgehead atoms. The maximum absolute atomic E-state index is 14.8. The van der Waals surface area contributed by atoms with E-state index in [2.05, 4.69) is 0 Å². The first-order valence-electron chi connectivity index (χ1n) is 9.61. The number of fused-ring (bicyclic) bond motifs is 2. The number of carbonyl (C=O) groups is 1. The quantitative estimate of drug-likeness (QED) is 0.489. The van der Waals surface area contributed by atoms with Gasteiger partial charge in [-0.05, 0) is 55.3 Å². The van der Waals surface area contributed by atoms with Crippen LogP contribution in [0.3, 0.4) is 0 Å². The molecule has 4 aromatic rings. The van der Waals surface area contributed by atoms with Crippen molar-refractivity contribution in [2.24, 2.45) is 0 Å². The smallest absolute Gasteiger partial charge is 0.291 e. The fourth-order valence-corrected chi connectivity index (χ4v) is 4.03. The summed E-state index contributed by atoms with van der Waals surface area (Å²) in [5.74, 6) is -0.476. The van der Waals surface area contributed by atoms with Gasteiger partial charge in [0.15, 0.2) is 5.43 Å². The van der Waals surface area contributed by atoms with E-state index in [1.165, 1.54) is 17.2 Å². The Morgan fingerprint density at radius 1 is 1.03 bits per heavy atom. The number of amides is 1. The third kappa shape index (κ3) is 2.68. The molecule has 5 nitrogen and oxygen atoms in total.